The number of nitrogens with two attached hydrogens (primary N) is 1. The predicted molar refractivity (Wildman–Crippen MR) is 172 cm³/mol. The van der Waals surface area contributed by atoms with Gasteiger partial charge >= 0.3 is 6.03 Å². The van der Waals surface area contributed by atoms with Crippen LogP contribution in [0.15, 0.2) is 54.6 Å². The van der Waals surface area contributed by atoms with Crippen LogP contribution in [-0.2, 0) is 4.74 Å². The van der Waals surface area contributed by atoms with Crippen LogP contribution in [0, 0.1) is 0 Å². The Morgan fingerprint density at radius 3 is 2.11 bits per heavy atom. The standard InChI is InChI=1S/C20H25N7O3.C9H12N2O.C2H6/c21-17(28)16-18(23-20(25-24-16)27-8-2-1-3-9-27)22-15-6-4-14(5-7-15)19(29)26-10-12-30-13-11-26;1-10-9(12)11(2)8-6-4-3-5-7-8;1-2/h4-7H,1-3,8-13H2,(H2,21,28)(H,22,23,25);3-7H,1-2H3,(H,10,12);1-2H3. The van der Waals surface area contributed by atoms with Gasteiger partial charge in [0.1, 0.15) is 0 Å². The molecule has 0 unspecified atom stereocenters. The minimum atomic E-state index is -0.707. The molecule has 2 aliphatic heterocycles. The number of benzene rings is 2. The summed E-state index contributed by atoms with van der Waals surface area (Å²) in [6, 6.07) is 16.4. The molecule has 13 heteroatoms. The van der Waals surface area contributed by atoms with Gasteiger partial charge in [-0.3, -0.25) is 14.5 Å². The van der Waals surface area contributed by atoms with Gasteiger partial charge in [-0.05, 0) is 55.7 Å². The van der Waals surface area contributed by atoms with Gasteiger partial charge in [0.15, 0.2) is 11.5 Å². The molecule has 13 nitrogen and oxygen atoms in total. The number of aromatic nitrogens is 3. The topological polar surface area (TPSA) is 159 Å². The second kappa shape index (κ2) is 17.4. The Hall–Kier alpha value is -4.78. The lowest BCUT2D eigenvalue weighted by Gasteiger charge is -2.27. The summed E-state index contributed by atoms with van der Waals surface area (Å²) >= 11 is 0. The molecule has 236 valence electrons. The van der Waals surface area contributed by atoms with E-state index in [0.717, 1.165) is 31.6 Å². The lowest BCUT2D eigenvalue weighted by molar-refractivity contribution is 0.0303. The molecule has 0 saturated carbocycles. The average molecular weight is 606 g/mol. The Balaban J connectivity index is 0.000000317. The number of hydrogen-bond acceptors (Lipinski definition) is 9. The molecular formula is C31H43N9O4. The van der Waals surface area contributed by atoms with Gasteiger partial charge in [-0.2, -0.15) is 4.98 Å². The van der Waals surface area contributed by atoms with Crippen LogP contribution < -0.4 is 26.2 Å². The third kappa shape index (κ3) is 9.36. The molecule has 0 aliphatic carbocycles. The Kier molecular flexibility index (Phi) is 13.3. The van der Waals surface area contributed by atoms with Crippen LogP contribution in [-0.4, -0.2) is 91.4 Å². The molecular weight excluding hydrogens is 562 g/mol. The van der Waals surface area contributed by atoms with Gasteiger partial charge in [-0.25, -0.2) is 4.79 Å². The van der Waals surface area contributed by atoms with Crippen LogP contribution >= 0.6 is 0 Å². The fourth-order valence-electron chi connectivity index (χ4n) is 4.52. The summed E-state index contributed by atoms with van der Waals surface area (Å²) in [6.07, 6.45) is 3.33. The molecule has 3 aromatic rings. The second-order valence-corrected chi connectivity index (χ2v) is 9.78. The minimum absolute atomic E-state index is 0.0239. The molecule has 0 atom stereocenters. The van der Waals surface area contributed by atoms with Crippen LogP contribution in [0.3, 0.4) is 0 Å². The van der Waals surface area contributed by atoms with Crippen molar-refractivity contribution in [3.8, 4) is 0 Å². The van der Waals surface area contributed by atoms with Gasteiger partial charge in [0.2, 0.25) is 5.95 Å². The number of morpholine rings is 1. The van der Waals surface area contributed by atoms with Crippen molar-refractivity contribution in [3.63, 3.8) is 0 Å². The first-order valence-corrected chi connectivity index (χ1v) is 14.9. The van der Waals surface area contributed by atoms with E-state index in [1.54, 1.807) is 48.2 Å². The Morgan fingerprint density at radius 1 is 0.886 bits per heavy atom. The molecule has 1 aromatic heterocycles. The number of nitrogens with zero attached hydrogens (tertiary/aromatic N) is 6. The van der Waals surface area contributed by atoms with Gasteiger partial charge < -0.3 is 30.9 Å². The molecule has 44 heavy (non-hydrogen) atoms. The van der Waals surface area contributed by atoms with E-state index >= 15 is 0 Å². The molecule has 2 saturated heterocycles. The number of primary amides is 1. The van der Waals surface area contributed by atoms with Crippen molar-refractivity contribution in [2.24, 2.45) is 5.73 Å². The maximum Gasteiger partial charge on any atom is 0.321 e. The van der Waals surface area contributed by atoms with Crippen LogP contribution in [0.5, 0.6) is 0 Å². The first-order valence-electron chi connectivity index (χ1n) is 14.9. The van der Waals surface area contributed by atoms with E-state index in [-0.39, 0.29) is 23.5 Å². The molecule has 2 aliphatic rings. The number of para-hydroxylation sites is 1. The van der Waals surface area contributed by atoms with E-state index in [2.05, 4.69) is 30.7 Å². The van der Waals surface area contributed by atoms with Crippen LogP contribution in [0.4, 0.5) is 27.9 Å². The zero-order valence-corrected chi connectivity index (χ0v) is 26.0. The summed E-state index contributed by atoms with van der Waals surface area (Å²) in [5.74, 6) is -0.00721. The van der Waals surface area contributed by atoms with Crippen molar-refractivity contribution in [1.29, 1.82) is 0 Å². The molecule has 4 amide bonds. The molecule has 2 aromatic carbocycles. The highest BCUT2D eigenvalue weighted by Crippen LogP contribution is 2.22. The van der Waals surface area contributed by atoms with Crippen molar-refractivity contribution in [2.45, 2.75) is 33.1 Å². The average Bonchev–Trinajstić information content (AvgIpc) is 3.09. The highest BCUT2D eigenvalue weighted by Gasteiger charge is 2.21. The Bertz CT molecular complexity index is 1340. The largest absolute Gasteiger partial charge is 0.378 e. The number of amides is 4. The van der Waals surface area contributed by atoms with Crippen molar-refractivity contribution in [1.82, 2.24) is 25.4 Å². The Labute approximate surface area is 258 Å². The van der Waals surface area contributed by atoms with E-state index in [0.29, 0.717) is 43.5 Å². The highest BCUT2D eigenvalue weighted by molar-refractivity contribution is 5.97. The number of anilines is 4. The fourth-order valence-corrected chi connectivity index (χ4v) is 4.52. The zero-order valence-electron chi connectivity index (χ0n) is 26.0. The van der Waals surface area contributed by atoms with E-state index in [1.807, 2.05) is 44.2 Å². The van der Waals surface area contributed by atoms with Crippen molar-refractivity contribution in [2.75, 3.05) is 68.6 Å². The van der Waals surface area contributed by atoms with Crippen molar-refractivity contribution >= 4 is 41.0 Å². The Morgan fingerprint density at radius 2 is 1.52 bits per heavy atom. The van der Waals surface area contributed by atoms with Crippen LogP contribution in [0.1, 0.15) is 54.0 Å². The summed E-state index contributed by atoms with van der Waals surface area (Å²) in [4.78, 5) is 45.4. The van der Waals surface area contributed by atoms with E-state index in [9.17, 15) is 14.4 Å². The summed E-state index contributed by atoms with van der Waals surface area (Å²) < 4.78 is 5.29. The molecule has 0 radical (unpaired) electrons. The number of carbonyl (C=O) groups is 3. The molecule has 0 spiro atoms. The fraction of sp³-hybridized carbons (Fsp3) is 0.419. The third-order valence-electron chi connectivity index (χ3n) is 6.90. The zero-order chi connectivity index (χ0) is 31.9. The van der Waals surface area contributed by atoms with Crippen LogP contribution in [0.25, 0.3) is 0 Å². The van der Waals surface area contributed by atoms with E-state index in [1.165, 1.54) is 6.42 Å². The summed E-state index contributed by atoms with van der Waals surface area (Å²) in [6.45, 7) is 8.01. The maximum atomic E-state index is 12.6. The quantitative estimate of drug-likeness (QED) is 0.381. The van der Waals surface area contributed by atoms with Gasteiger partial charge in [0.05, 0.1) is 13.2 Å². The van der Waals surface area contributed by atoms with Crippen LogP contribution in [0.2, 0.25) is 0 Å². The number of ether oxygens (including phenoxy) is 1. The van der Waals surface area contributed by atoms with Crippen molar-refractivity contribution < 1.29 is 19.1 Å². The smallest absolute Gasteiger partial charge is 0.321 e. The molecule has 4 N–H and O–H groups in total. The van der Waals surface area contributed by atoms with Gasteiger partial charge in [-0.1, -0.05) is 32.0 Å². The van der Waals surface area contributed by atoms with Gasteiger partial charge in [-0.15, -0.1) is 10.2 Å². The number of rotatable bonds is 6. The number of piperidine rings is 1. The molecule has 0 bridgehead atoms. The first kappa shape index (κ1) is 33.7. The second-order valence-electron chi connectivity index (χ2n) is 9.78. The van der Waals surface area contributed by atoms with E-state index in [4.69, 9.17) is 10.5 Å². The number of hydrogen-bond donors (Lipinski definition) is 3. The molecule has 3 heterocycles. The van der Waals surface area contributed by atoms with Gasteiger partial charge in [0, 0.05) is 57.2 Å². The SMILES string of the molecule is CC.CNC(=O)N(C)c1ccccc1.NC(=O)c1nnc(N2CCCCC2)nc1Nc1ccc(C(=O)N2CCOCC2)cc1. The summed E-state index contributed by atoms with van der Waals surface area (Å²) in [5, 5.41) is 13.7. The first-order chi connectivity index (χ1) is 21.4. The molecule has 2 fully saturated rings. The normalized spacial score (nSPS) is 14.2. The maximum absolute atomic E-state index is 12.6. The predicted octanol–water partition coefficient (Wildman–Crippen LogP) is 3.67. The number of nitrogens with one attached hydrogen (secondary N) is 2. The van der Waals surface area contributed by atoms with E-state index < -0.39 is 5.91 Å². The summed E-state index contributed by atoms with van der Waals surface area (Å²) in [5.41, 5.74) is 7.57. The third-order valence-corrected chi connectivity index (χ3v) is 6.90. The minimum Gasteiger partial charge on any atom is -0.378 e. The monoisotopic (exact) mass is 605 g/mol. The lowest BCUT2D eigenvalue weighted by atomic mass is 10.1. The highest BCUT2D eigenvalue weighted by atomic mass is 16.5. The lowest BCUT2D eigenvalue weighted by Crippen LogP contribution is -2.40. The van der Waals surface area contributed by atoms with Gasteiger partial charge in [0.25, 0.3) is 11.8 Å². The number of urea groups is 1. The number of carbonyl (C=O) groups excluding carboxylic acids is 3. The molecule has 5 rings (SSSR count). The van der Waals surface area contributed by atoms with Crippen molar-refractivity contribution in [3.05, 3.63) is 65.9 Å². The summed E-state index contributed by atoms with van der Waals surface area (Å²) in [7, 11) is 3.34.